The second-order valence-electron chi connectivity index (χ2n) is 6.18. The van der Waals surface area contributed by atoms with Gasteiger partial charge in [-0.25, -0.2) is 4.98 Å². The molecule has 1 aromatic heterocycles. The van der Waals surface area contributed by atoms with Crippen molar-refractivity contribution in [2.45, 2.75) is 6.42 Å². The number of hydrogen-bond donors (Lipinski definition) is 1. The molecule has 3 rings (SSSR count). The number of aromatic nitrogens is 2. The Morgan fingerprint density at radius 1 is 1.04 bits per heavy atom. The largest absolute Gasteiger partial charge is 0.493 e. The van der Waals surface area contributed by atoms with E-state index in [0.717, 1.165) is 5.56 Å². The van der Waals surface area contributed by atoms with Gasteiger partial charge >= 0.3 is 0 Å². The molecule has 0 atom stereocenters. The second-order valence-corrected chi connectivity index (χ2v) is 6.18. The molecule has 1 amide bonds. The highest BCUT2D eigenvalue weighted by Crippen LogP contribution is 2.27. The molecule has 2 aromatic carbocycles. The fourth-order valence-corrected chi connectivity index (χ4v) is 2.80. The Bertz CT molecular complexity index is 993. The first-order valence-corrected chi connectivity index (χ1v) is 8.64. The fourth-order valence-electron chi connectivity index (χ4n) is 2.80. The van der Waals surface area contributed by atoms with Crippen LogP contribution in [0.1, 0.15) is 21.7 Å². The van der Waals surface area contributed by atoms with Crippen molar-refractivity contribution in [2.24, 2.45) is 7.05 Å². The molecule has 0 spiro atoms. The number of imidazole rings is 1. The van der Waals surface area contributed by atoms with Crippen LogP contribution in [0.15, 0.2) is 54.9 Å². The summed E-state index contributed by atoms with van der Waals surface area (Å²) in [7, 11) is 4.88. The Labute approximate surface area is 162 Å². The predicted molar refractivity (Wildman–Crippen MR) is 105 cm³/mol. The van der Waals surface area contributed by atoms with E-state index in [1.807, 2.05) is 6.07 Å². The van der Waals surface area contributed by atoms with Gasteiger partial charge in [0.25, 0.3) is 0 Å². The zero-order chi connectivity index (χ0) is 20.1. The summed E-state index contributed by atoms with van der Waals surface area (Å²) in [6.45, 7) is 0. The van der Waals surface area contributed by atoms with Crippen molar-refractivity contribution in [3.05, 3.63) is 71.8 Å². The summed E-state index contributed by atoms with van der Waals surface area (Å²) < 4.78 is 12.1. The highest BCUT2D eigenvalue weighted by molar-refractivity contribution is 6.07. The van der Waals surface area contributed by atoms with Crippen LogP contribution >= 0.6 is 0 Å². The lowest BCUT2D eigenvalue weighted by molar-refractivity contribution is -0.115. The number of carbonyl (C=O) groups excluding carboxylic acids is 2. The molecule has 0 saturated carbocycles. The highest BCUT2D eigenvalue weighted by atomic mass is 16.5. The summed E-state index contributed by atoms with van der Waals surface area (Å²) in [6.07, 6.45) is 3.49. The van der Waals surface area contributed by atoms with E-state index in [0.29, 0.717) is 28.6 Å². The summed E-state index contributed by atoms with van der Waals surface area (Å²) >= 11 is 0. The quantitative estimate of drug-likeness (QED) is 0.639. The first-order valence-electron chi connectivity index (χ1n) is 8.64. The molecule has 7 heteroatoms. The molecule has 0 fully saturated rings. The van der Waals surface area contributed by atoms with Crippen LogP contribution in [0.5, 0.6) is 11.5 Å². The van der Waals surface area contributed by atoms with Crippen LogP contribution < -0.4 is 14.8 Å². The van der Waals surface area contributed by atoms with E-state index < -0.39 is 0 Å². The zero-order valence-corrected chi connectivity index (χ0v) is 15.9. The number of ether oxygens (including phenoxy) is 2. The molecule has 0 aliphatic heterocycles. The minimum atomic E-state index is -0.171. The Hall–Kier alpha value is -3.61. The van der Waals surface area contributed by atoms with Crippen LogP contribution in [0.25, 0.3) is 0 Å². The molecule has 0 bridgehead atoms. The number of nitrogens with one attached hydrogen (secondary N) is 1. The van der Waals surface area contributed by atoms with Crippen molar-refractivity contribution in [2.75, 3.05) is 19.5 Å². The van der Waals surface area contributed by atoms with E-state index in [1.54, 1.807) is 74.6 Å². The lowest BCUT2D eigenvalue weighted by atomic mass is 10.1. The molecule has 144 valence electrons. The Kier molecular flexibility index (Phi) is 5.74. The van der Waals surface area contributed by atoms with Gasteiger partial charge in [-0.15, -0.1) is 0 Å². The fraction of sp³-hybridized carbons (Fsp3) is 0.190. The maximum atomic E-state index is 12.4. The third-order valence-corrected chi connectivity index (χ3v) is 4.27. The minimum Gasteiger partial charge on any atom is -0.493 e. The number of carbonyl (C=O) groups is 2. The molecule has 3 aromatic rings. The third kappa shape index (κ3) is 4.20. The summed E-state index contributed by atoms with van der Waals surface area (Å²) in [5.41, 5.74) is 1.92. The van der Waals surface area contributed by atoms with Gasteiger partial charge in [0.1, 0.15) is 0 Å². The Morgan fingerprint density at radius 3 is 2.36 bits per heavy atom. The average Bonchev–Trinajstić information content (AvgIpc) is 3.13. The Morgan fingerprint density at radius 2 is 1.75 bits per heavy atom. The number of benzene rings is 2. The molecule has 1 N–H and O–H groups in total. The van der Waals surface area contributed by atoms with Crippen molar-refractivity contribution >= 4 is 17.4 Å². The molecule has 7 nitrogen and oxygen atoms in total. The summed E-state index contributed by atoms with van der Waals surface area (Å²) in [5, 5.41) is 2.83. The monoisotopic (exact) mass is 379 g/mol. The molecule has 28 heavy (non-hydrogen) atoms. The first kappa shape index (κ1) is 19.2. The van der Waals surface area contributed by atoms with Gasteiger partial charge in [-0.05, 0) is 42.0 Å². The molecule has 1 heterocycles. The molecule has 0 aliphatic rings. The van der Waals surface area contributed by atoms with E-state index in [1.165, 1.54) is 0 Å². The number of nitrogens with zero attached hydrogens (tertiary/aromatic N) is 2. The van der Waals surface area contributed by atoms with Crippen molar-refractivity contribution in [1.29, 1.82) is 0 Å². The smallest absolute Gasteiger partial charge is 0.228 e. The maximum absolute atomic E-state index is 12.4. The lowest BCUT2D eigenvalue weighted by Crippen LogP contribution is -2.15. The molecule has 0 aliphatic carbocycles. The van der Waals surface area contributed by atoms with Gasteiger partial charge in [0.15, 0.2) is 17.3 Å². The van der Waals surface area contributed by atoms with Gasteiger partial charge in [-0.1, -0.05) is 6.07 Å². The lowest BCUT2D eigenvalue weighted by Gasteiger charge is -2.10. The van der Waals surface area contributed by atoms with Crippen molar-refractivity contribution in [1.82, 2.24) is 9.55 Å². The van der Waals surface area contributed by atoms with E-state index in [9.17, 15) is 9.59 Å². The van der Waals surface area contributed by atoms with Crippen LogP contribution in [0.2, 0.25) is 0 Å². The van der Waals surface area contributed by atoms with Crippen LogP contribution in [0.3, 0.4) is 0 Å². The number of anilines is 1. The number of rotatable bonds is 7. The molecular formula is C21H21N3O4. The third-order valence-electron chi connectivity index (χ3n) is 4.27. The van der Waals surface area contributed by atoms with Crippen LogP contribution in [-0.2, 0) is 18.3 Å². The topological polar surface area (TPSA) is 82.5 Å². The van der Waals surface area contributed by atoms with Gasteiger partial charge in [-0.2, -0.15) is 0 Å². The van der Waals surface area contributed by atoms with Gasteiger partial charge in [0.2, 0.25) is 11.7 Å². The first-order chi connectivity index (χ1) is 13.5. The van der Waals surface area contributed by atoms with Gasteiger partial charge in [0, 0.05) is 30.7 Å². The molecule has 0 radical (unpaired) electrons. The van der Waals surface area contributed by atoms with Crippen LogP contribution in [-0.4, -0.2) is 35.5 Å². The standard InChI is InChI=1S/C21H21N3O4/c1-24-11-10-22-21(24)20(26)15-5-7-16(8-6-15)23-19(25)13-14-4-9-17(27-2)18(12-14)28-3/h4-12H,13H2,1-3H3,(H,23,25). The van der Waals surface area contributed by atoms with Gasteiger partial charge in [0.05, 0.1) is 20.6 Å². The van der Waals surface area contributed by atoms with E-state index >= 15 is 0 Å². The summed E-state index contributed by atoms with van der Waals surface area (Å²) in [6, 6.07) is 12.1. The van der Waals surface area contributed by atoms with E-state index in [2.05, 4.69) is 10.3 Å². The maximum Gasteiger partial charge on any atom is 0.228 e. The zero-order valence-electron chi connectivity index (χ0n) is 15.9. The van der Waals surface area contributed by atoms with E-state index in [4.69, 9.17) is 9.47 Å². The van der Waals surface area contributed by atoms with Crippen molar-refractivity contribution in [3.63, 3.8) is 0 Å². The normalized spacial score (nSPS) is 10.4. The van der Waals surface area contributed by atoms with E-state index in [-0.39, 0.29) is 18.1 Å². The van der Waals surface area contributed by atoms with Crippen molar-refractivity contribution < 1.29 is 19.1 Å². The molecule has 0 saturated heterocycles. The van der Waals surface area contributed by atoms with Crippen LogP contribution in [0.4, 0.5) is 5.69 Å². The number of aryl methyl sites for hydroxylation is 1. The van der Waals surface area contributed by atoms with Crippen molar-refractivity contribution in [3.8, 4) is 11.5 Å². The number of amides is 1. The number of hydrogen-bond acceptors (Lipinski definition) is 5. The summed E-state index contributed by atoms with van der Waals surface area (Å²) in [5.74, 6) is 1.21. The second kappa shape index (κ2) is 8.39. The highest BCUT2D eigenvalue weighted by Gasteiger charge is 2.14. The minimum absolute atomic E-state index is 0.171. The SMILES string of the molecule is COc1ccc(CC(=O)Nc2ccc(C(=O)c3nccn3C)cc2)cc1OC. The van der Waals surface area contributed by atoms with Crippen LogP contribution in [0, 0.1) is 0 Å². The predicted octanol–water partition coefficient (Wildman–Crippen LogP) is 2.85. The molecular weight excluding hydrogens is 358 g/mol. The number of ketones is 1. The average molecular weight is 379 g/mol. The summed E-state index contributed by atoms with van der Waals surface area (Å²) in [4.78, 5) is 28.8. The Balaban J connectivity index is 1.65. The molecule has 0 unspecified atom stereocenters. The number of methoxy groups -OCH3 is 2. The van der Waals surface area contributed by atoms with Gasteiger partial charge in [-0.3, -0.25) is 9.59 Å². The van der Waals surface area contributed by atoms with Gasteiger partial charge < -0.3 is 19.4 Å².